The minimum Gasteiger partial charge on any atom is -0.503 e. The zero-order valence-electron chi connectivity index (χ0n) is 13.5. The first-order chi connectivity index (χ1) is 12.3. The van der Waals surface area contributed by atoms with E-state index < -0.39 is 28.4 Å². The number of aliphatic hydroxyl groups excluding tert-OH is 1. The minimum absolute atomic E-state index is 0.0848. The molecule has 1 N–H and O–H groups in total. The van der Waals surface area contributed by atoms with Crippen molar-refractivity contribution in [2.75, 3.05) is 4.90 Å². The van der Waals surface area contributed by atoms with Crippen molar-refractivity contribution in [3.63, 3.8) is 0 Å². The van der Waals surface area contributed by atoms with Gasteiger partial charge in [0.05, 0.1) is 16.5 Å². The van der Waals surface area contributed by atoms with Crippen LogP contribution >= 0.6 is 15.9 Å². The van der Waals surface area contributed by atoms with Crippen molar-refractivity contribution in [2.45, 2.75) is 13.0 Å². The lowest BCUT2D eigenvalue weighted by atomic mass is 9.96. The molecule has 0 unspecified atom stereocenters. The number of ketones is 1. The third kappa shape index (κ3) is 2.99. The first-order valence-corrected chi connectivity index (χ1v) is 8.38. The highest BCUT2D eigenvalue weighted by molar-refractivity contribution is 9.10. The number of carbonyl (C=O) groups is 2. The molecule has 1 atom stereocenters. The average molecular weight is 417 g/mol. The van der Waals surface area contributed by atoms with Crippen molar-refractivity contribution < 1.29 is 19.6 Å². The van der Waals surface area contributed by atoms with Gasteiger partial charge in [0.2, 0.25) is 0 Å². The highest BCUT2D eigenvalue weighted by Gasteiger charge is 2.43. The van der Waals surface area contributed by atoms with Gasteiger partial charge in [-0.25, -0.2) is 0 Å². The smallest absolute Gasteiger partial charge is 0.294 e. The SMILES string of the molecule is CC(=O)C1=C(O)C(=O)N(c2ccc(Br)cc2)[C@@H]1c1cccc([N+](=O)[O-])c1. The Morgan fingerprint density at radius 1 is 1.23 bits per heavy atom. The number of hydrogen-bond acceptors (Lipinski definition) is 5. The molecule has 0 fully saturated rings. The number of amides is 1. The number of non-ortho nitro benzene ring substituents is 1. The molecule has 0 spiro atoms. The van der Waals surface area contributed by atoms with Gasteiger partial charge < -0.3 is 5.11 Å². The lowest BCUT2D eigenvalue weighted by molar-refractivity contribution is -0.384. The highest BCUT2D eigenvalue weighted by Crippen LogP contribution is 2.41. The number of hydrogen-bond donors (Lipinski definition) is 1. The largest absolute Gasteiger partial charge is 0.503 e. The van der Waals surface area contributed by atoms with Crippen molar-refractivity contribution in [2.24, 2.45) is 0 Å². The molecule has 1 amide bonds. The van der Waals surface area contributed by atoms with Gasteiger partial charge >= 0.3 is 0 Å². The summed E-state index contributed by atoms with van der Waals surface area (Å²) in [6, 6.07) is 11.5. The molecule has 0 radical (unpaired) electrons. The maximum atomic E-state index is 12.6. The Balaban J connectivity index is 2.19. The maximum absolute atomic E-state index is 12.6. The van der Waals surface area contributed by atoms with Gasteiger partial charge in [-0.05, 0) is 36.8 Å². The fourth-order valence-corrected chi connectivity index (χ4v) is 3.22. The van der Waals surface area contributed by atoms with E-state index in [2.05, 4.69) is 15.9 Å². The minimum atomic E-state index is -0.943. The number of carbonyl (C=O) groups excluding carboxylic acids is 2. The number of aliphatic hydroxyl groups is 1. The molecule has 0 aliphatic carbocycles. The topological polar surface area (TPSA) is 101 Å². The second kappa shape index (κ2) is 6.72. The van der Waals surface area contributed by atoms with Crippen molar-refractivity contribution >= 4 is 39.0 Å². The Kier molecular flexibility index (Phi) is 4.60. The van der Waals surface area contributed by atoms with Crippen LogP contribution in [0.5, 0.6) is 0 Å². The van der Waals surface area contributed by atoms with Gasteiger partial charge in [0, 0.05) is 22.3 Å². The second-order valence-corrected chi connectivity index (χ2v) is 6.64. The summed E-state index contributed by atoms with van der Waals surface area (Å²) < 4.78 is 0.795. The molecule has 0 saturated heterocycles. The molecule has 8 heteroatoms. The molecular weight excluding hydrogens is 404 g/mol. The fraction of sp³-hybridized carbons (Fsp3) is 0.111. The van der Waals surface area contributed by atoms with Crippen molar-refractivity contribution in [3.05, 3.63) is 80.0 Å². The van der Waals surface area contributed by atoms with Crippen LogP contribution in [0.25, 0.3) is 0 Å². The van der Waals surface area contributed by atoms with E-state index >= 15 is 0 Å². The van der Waals surface area contributed by atoms with E-state index in [-0.39, 0.29) is 11.3 Å². The quantitative estimate of drug-likeness (QED) is 0.602. The zero-order valence-corrected chi connectivity index (χ0v) is 15.1. The second-order valence-electron chi connectivity index (χ2n) is 5.72. The van der Waals surface area contributed by atoms with Crippen LogP contribution in [0, 0.1) is 10.1 Å². The van der Waals surface area contributed by atoms with Gasteiger partial charge in [0.15, 0.2) is 11.5 Å². The number of nitro benzene ring substituents is 1. The summed E-state index contributed by atoms with van der Waals surface area (Å²) in [5.74, 6) is -1.85. The van der Waals surface area contributed by atoms with Gasteiger partial charge in [0.25, 0.3) is 11.6 Å². The molecule has 132 valence electrons. The van der Waals surface area contributed by atoms with Gasteiger partial charge in [0.1, 0.15) is 0 Å². The molecular formula is C18H13BrN2O5. The zero-order chi connectivity index (χ0) is 19.0. The number of rotatable bonds is 4. The summed E-state index contributed by atoms with van der Waals surface area (Å²) in [5, 5.41) is 21.3. The first kappa shape index (κ1) is 17.8. The Bertz CT molecular complexity index is 952. The maximum Gasteiger partial charge on any atom is 0.294 e. The van der Waals surface area contributed by atoms with Crippen molar-refractivity contribution in [1.29, 1.82) is 0 Å². The lowest BCUT2D eigenvalue weighted by Crippen LogP contribution is -2.30. The molecule has 0 saturated carbocycles. The number of nitrogens with zero attached hydrogens (tertiary/aromatic N) is 2. The monoisotopic (exact) mass is 416 g/mol. The Hall–Kier alpha value is -3.00. The van der Waals surface area contributed by atoms with Crippen LogP contribution in [-0.4, -0.2) is 21.7 Å². The van der Waals surface area contributed by atoms with E-state index in [0.29, 0.717) is 11.3 Å². The highest BCUT2D eigenvalue weighted by atomic mass is 79.9. The third-order valence-corrected chi connectivity index (χ3v) is 4.62. The molecule has 0 bridgehead atoms. The van der Waals surface area contributed by atoms with Crippen LogP contribution in [0.1, 0.15) is 18.5 Å². The molecule has 2 aromatic rings. The van der Waals surface area contributed by atoms with Crippen LogP contribution in [-0.2, 0) is 9.59 Å². The Labute approximate surface area is 156 Å². The average Bonchev–Trinajstić information content (AvgIpc) is 2.87. The number of halogens is 1. The number of anilines is 1. The van der Waals surface area contributed by atoms with E-state index in [1.165, 1.54) is 30.0 Å². The fourth-order valence-electron chi connectivity index (χ4n) is 2.96. The number of Topliss-reactive ketones (excluding diaryl/α,β-unsaturated/α-hetero) is 1. The van der Waals surface area contributed by atoms with E-state index in [9.17, 15) is 24.8 Å². The van der Waals surface area contributed by atoms with Gasteiger partial charge in [-0.1, -0.05) is 28.1 Å². The van der Waals surface area contributed by atoms with Crippen LogP contribution in [0.15, 0.2) is 64.3 Å². The number of benzene rings is 2. The van der Waals surface area contributed by atoms with Crippen molar-refractivity contribution in [3.8, 4) is 0 Å². The van der Waals surface area contributed by atoms with Crippen LogP contribution in [0.4, 0.5) is 11.4 Å². The summed E-state index contributed by atoms with van der Waals surface area (Å²) in [6.45, 7) is 1.24. The van der Waals surface area contributed by atoms with E-state index in [1.54, 1.807) is 30.3 Å². The first-order valence-electron chi connectivity index (χ1n) is 7.59. The van der Waals surface area contributed by atoms with Crippen LogP contribution < -0.4 is 4.90 Å². The van der Waals surface area contributed by atoms with Gasteiger partial charge in [-0.2, -0.15) is 0 Å². The van der Waals surface area contributed by atoms with E-state index in [1.807, 2.05) is 0 Å². The normalized spacial score (nSPS) is 16.9. The molecule has 7 nitrogen and oxygen atoms in total. The molecule has 0 aromatic heterocycles. The summed E-state index contributed by atoms with van der Waals surface area (Å²) in [4.78, 5) is 36.5. The summed E-state index contributed by atoms with van der Waals surface area (Å²) >= 11 is 3.31. The van der Waals surface area contributed by atoms with Crippen LogP contribution in [0.3, 0.4) is 0 Å². The number of nitro groups is 1. The van der Waals surface area contributed by atoms with Gasteiger partial charge in [-0.15, -0.1) is 0 Å². The predicted octanol–water partition coefficient (Wildman–Crippen LogP) is 3.85. The molecule has 1 aliphatic heterocycles. The molecule has 26 heavy (non-hydrogen) atoms. The van der Waals surface area contributed by atoms with Crippen LogP contribution in [0.2, 0.25) is 0 Å². The van der Waals surface area contributed by atoms with Gasteiger partial charge in [-0.3, -0.25) is 24.6 Å². The molecule has 3 rings (SSSR count). The Morgan fingerprint density at radius 2 is 1.88 bits per heavy atom. The van der Waals surface area contributed by atoms with E-state index in [4.69, 9.17) is 0 Å². The summed E-state index contributed by atoms with van der Waals surface area (Å²) in [6.07, 6.45) is 0. The molecule has 1 aliphatic rings. The third-order valence-electron chi connectivity index (χ3n) is 4.09. The van der Waals surface area contributed by atoms with E-state index in [0.717, 1.165) is 4.47 Å². The molecule has 1 heterocycles. The summed E-state index contributed by atoms with van der Waals surface area (Å²) in [7, 11) is 0. The van der Waals surface area contributed by atoms with Crippen molar-refractivity contribution in [1.82, 2.24) is 0 Å². The standard InChI is InChI=1S/C18H13BrN2O5/c1-10(22)15-16(11-3-2-4-14(9-11)21(25)26)20(18(24)17(15)23)13-7-5-12(19)6-8-13/h2-9,16,23H,1H3/t16-/m1/s1. The lowest BCUT2D eigenvalue weighted by Gasteiger charge is -2.26. The predicted molar refractivity (Wildman–Crippen MR) is 97.8 cm³/mol. The summed E-state index contributed by atoms with van der Waals surface area (Å²) in [5.41, 5.74) is 0.570. The molecule has 2 aromatic carbocycles. The Morgan fingerprint density at radius 3 is 2.46 bits per heavy atom.